The van der Waals surface area contributed by atoms with Gasteiger partial charge in [0.2, 0.25) is 5.91 Å². The predicted octanol–water partition coefficient (Wildman–Crippen LogP) is 3.04. The van der Waals surface area contributed by atoms with Crippen LogP contribution in [-0.2, 0) is 14.3 Å². The van der Waals surface area contributed by atoms with Gasteiger partial charge in [-0.2, -0.15) is 5.26 Å². The van der Waals surface area contributed by atoms with E-state index in [0.29, 0.717) is 12.3 Å². The standard InChI is InChI=1S/C15H17BrN2O3/c1-2-11-21-15(20)8-7-14(19)18(10-9-17)13-5-3-12(16)4-6-13/h3-6H,2,7-8,10-11H2,1H3. The Kier molecular flexibility index (Phi) is 7.48. The average molecular weight is 353 g/mol. The summed E-state index contributed by atoms with van der Waals surface area (Å²) in [6, 6.07) is 9.04. The van der Waals surface area contributed by atoms with E-state index >= 15 is 0 Å². The summed E-state index contributed by atoms with van der Waals surface area (Å²) >= 11 is 3.31. The second-order valence-corrected chi connectivity index (χ2v) is 5.25. The molecule has 0 heterocycles. The molecule has 1 amide bonds. The van der Waals surface area contributed by atoms with E-state index in [-0.39, 0.29) is 25.3 Å². The van der Waals surface area contributed by atoms with Gasteiger partial charge >= 0.3 is 5.97 Å². The Labute approximate surface area is 132 Å². The van der Waals surface area contributed by atoms with Crippen LogP contribution in [0.15, 0.2) is 28.7 Å². The molecule has 112 valence electrons. The van der Waals surface area contributed by atoms with Gasteiger partial charge in [-0.1, -0.05) is 22.9 Å². The number of rotatable bonds is 7. The molecule has 0 saturated heterocycles. The van der Waals surface area contributed by atoms with Crippen molar-refractivity contribution in [3.63, 3.8) is 0 Å². The summed E-state index contributed by atoms with van der Waals surface area (Å²) in [6.45, 7) is 2.22. The summed E-state index contributed by atoms with van der Waals surface area (Å²) in [5.74, 6) is -0.662. The molecule has 1 rings (SSSR count). The Bertz CT molecular complexity index is 523. The highest BCUT2D eigenvalue weighted by molar-refractivity contribution is 9.10. The Morgan fingerprint density at radius 2 is 1.95 bits per heavy atom. The van der Waals surface area contributed by atoms with Gasteiger partial charge in [0.1, 0.15) is 6.54 Å². The largest absolute Gasteiger partial charge is 0.466 e. The molecule has 0 aliphatic carbocycles. The summed E-state index contributed by atoms with van der Waals surface area (Å²) in [5, 5.41) is 8.85. The molecule has 0 radical (unpaired) electrons. The van der Waals surface area contributed by atoms with Gasteiger partial charge in [0.05, 0.1) is 19.1 Å². The van der Waals surface area contributed by atoms with E-state index in [9.17, 15) is 9.59 Å². The third-order valence-corrected chi connectivity index (χ3v) is 3.21. The quantitative estimate of drug-likeness (QED) is 0.558. The van der Waals surface area contributed by atoms with Crippen molar-refractivity contribution in [2.24, 2.45) is 0 Å². The Morgan fingerprint density at radius 1 is 1.29 bits per heavy atom. The van der Waals surface area contributed by atoms with Crippen molar-refractivity contribution in [3.05, 3.63) is 28.7 Å². The smallest absolute Gasteiger partial charge is 0.306 e. The fourth-order valence-electron chi connectivity index (χ4n) is 1.65. The zero-order valence-electron chi connectivity index (χ0n) is 11.8. The molecule has 1 aromatic carbocycles. The third-order valence-electron chi connectivity index (χ3n) is 2.68. The molecule has 0 unspecified atom stereocenters. The number of benzene rings is 1. The van der Waals surface area contributed by atoms with E-state index in [0.717, 1.165) is 10.9 Å². The van der Waals surface area contributed by atoms with Crippen LogP contribution in [0.3, 0.4) is 0 Å². The molecule has 0 atom stereocenters. The molecule has 21 heavy (non-hydrogen) atoms. The lowest BCUT2D eigenvalue weighted by atomic mass is 10.2. The van der Waals surface area contributed by atoms with Crippen molar-refractivity contribution < 1.29 is 14.3 Å². The van der Waals surface area contributed by atoms with Crippen LogP contribution in [0.25, 0.3) is 0 Å². The van der Waals surface area contributed by atoms with Gasteiger partial charge in [0.25, 0.3) is 0 Å². The molecule has 5 nitrogen and oxygen atoms in total. The van der Waals surface area contributed by atoms with Gasteiger partial charge in [-0.15, -0.1) is 0 Å². The van der Waals surface area contributed by atoms with Crippen molar-refractivity contribution in [1.82, 2.24) is 0 Å². The highest BCUT2D eigenvalue weighted by Crippen LogP contribution is 2.19. The van der Waals surface area contributed by atoms with E-state index in [1.165, 1.54) is 4.90 Å². The molecule has 0 aliphatic rings. The molecule has 1 aromatic rings. The number of carbonyl (C=O) groups is 2. The van der Waals surface area contributed by atoms with Crippen molar-refractivity contribution >= 4 is 33.5 Å². The van der Waals surface area contributed by atoms with E-state index in [2.05, 4.69) is 15.9 Å². The molecular formula is C15H17BrN2O3. The lowest BCUT2D eigenvalue weighted by Gasteiger charge is -2.19. The van der Waals surface area contributed by atoms with Crippen molar-refractivity contribution in [2.45, 2.75) is 26.2 Å². The fourth-order valence-corrected chi connectivity index (χ4v) is 1.91. The van der Waals surface area contributed by atoms with Gasteiger partial charge < -0.3 is 4.74 Å². The lowest BCUT2D eigenvalue weighted by Crippen LogP contribution is -2.31. The molecule has 0 saturated carbocycles. The van der Waals surface area contributed by atoms with Crippen LogP contribution in [0, 0.1) is 11.3 Å². The van der Waals surface area contributed by atoms with Gasteiger partial charge in [-0.05, 0) is 30.7 Å². The number of hydrogen-bond acceptors (Lipinski definition) is 4. The van der Waals surface area contributed by atoms with Crippen molar-refractivity contribution in [3.8, 4) is 6.07 Å². The fraction of sp³-hybridized carbons (Fsp3) is 0.400. The minimum atomic E-state index is -0.391. The summed E-state index contributed by atoms with van der Waals surface area (Å²) in [6.07, 6.45) is 0.802. The first-order chi connectivity index (χ1) is 10.1. The lowest BCUT2D eigenvalue weighted by molar-refractivity contribution is -0.144. The number of hydrogen-bond donors (Lipinski definition) is 0. The van der Waals surface area contributed by atoms with Crippen molar-refractivity contribution in [2.75, 3.05) is 18.1 Å². The van der Waals surface area contributed by atoms with Crippen LogP contribution >= 0.6 is 15.9 Å². The number of carbonyl (C=O) groups excluding carboxylic acids is 2. The minimum absolute atomic E-state index is 0.0251. The normalized spacial score (nSPS) is 9.76. The van der Waals surface area contributed by atoms with E-state index in [4.69, 9.17) is 10.00 Å². The molecule has 0 aromatic heterocycles. The predicted molar refractivity (Wildman–Crippen MR) is 82.6 cm³/mol. The summed E-state index contributed by atoms with van der Waals surface area (Å²) in [7, 11) is 0. The number of nitrogens with zero attached hydrogens (tertiary/aromatic N) is 2. The molecule has 6 heteroatoms. The molecule has 0 N–H and O–H groups in total. The zero-order chi connectivity index (χ0) is 15.7. The van der Waals surface area contributed by atoms with E-state index in [1.807, 2.05) is 13.0 Å². The van der Waals surface area contributed by atoms with Gasteiger partial charge in [0.15, 0.2) is 0 Å². The third kappa shape index (κ3) is 5.96. The maximum atomic E-state index is 12.2. The SMILES string of the molecule is CCCOC(=O)CCC(=O)N(CC#N)c1ccc(Br)cc1. The van der Waals surface area contributed by atoms with Gasteiger partial charge in [-0.25, -0.2) is 0 Å². The second-order valence-electron chi connectivity index (χ2n) is 4.33. The minimum Gasteiger partial charge on any atom is -0.466 e. The number of esters is 1. The monoisotopic (exact) mass is 352 g/mol. The first-order valence-electron chi connectivity index (χ1n) is 6.67. The topological polar surface area (TPSA) is 70.4 Å². The first-order valence-corrected chi connectivity index (χ1v) is 7.46. The Balaban J connectivity index is 2.64. The number of amides is 1. The Hall–Kier alpha value is -1.87. The van der Waals surface area contributed by atoms with Crippen LogP contribution in [0.2, 0.25) is 0 Å². The highest BCUT2D eigenvalue weighted by Gasteiger charge is 2.17. The number of halogens is 1. The van der Waals surface area contributed by atoms with Gasteiger partial charge in [0, 0.05) is 16.6 Å². The number of nitriles is 1. The summed E-state index contributed by atoms with van der Waals surface area (Å²) in [5.41, 5.74) is 0.631. The van der Waals surface area contributed by atoms with Crippen molar-refractivity contribution in [1.29, 1.82) is 5.26 Å². The van der Waals surface area contributed by atoms with E-state index in [1.54, 1.807) is 24.3 Å². The van der Waals surface area contributed by atoms with E-state index < -0.39 is 5.97 Å². The average Bonchev–Trinajstić information content (AvgIpc) is 2.49. The van der Waals surface area contributed by atoms with Crippen LogP contribution in [0.5, 0.6) is 0 Å². The first kappa shape index (κ1) is 17.2. The zero-order valence-corrected chi connectivity index (χ0v) is 13.4. The maximum absolute atomic E-state index is 12.2. The van der Waals surface area contributed by atoms with Crippen LogP contribution in [0.1, 0.15) is 26.2 Å². The molecule has 0 spiro atoms. The van der Waals surface area contributed by atoms with Gasteiger partial charge in [-0.3, -0.25) is 14.5 Å². The van der Waals surface area contributed by atoms with Crippen LogP contribution < -0.4 is 4.90 Å². The summed E-state index contributed by atoms with van der Waals surface area (Å²) in [4.78, 5) is 24.9. The molecular weight excluding hydrogens is 336 g/mol. The second kappa shape index (κ2) is 9.14. The molecule has 0 bridgehead atoms. The van der Waals surface area contributed by atoms with Crippen LogP contribution in [0.4, 0.5) is 5.69 Å². The van der Waals surface area contributed by atoms with Crippen LogP contribution in [-0.4, -0.2) is 25.0 Å². The number of anilines is 1. The molecule has 0 fully saturated rings. The highest BCUT2D eigenvalue weighted by atomic mass is 79.9. The Morgan fingerprint density at radius 3 is 2.52 bits per heavy atom. The number of ether oxygens (including phenoxy) is 1. The summed E-state index contributed by atoms with van der Waals surface area (Å²) < 4.78 is 5.81. The molecule has 0 aliphatic heterocycles. The maximum Gasteiger partial charge on any atom is 0.306 e.